The maximum atomic E-state index is 10.6. The van der Waals surface area contributed by atoms with Crippen molar-refractivity contribution in [3.05, 3.63) is 0 Å². The van der Waals surface area contributed by atoms with Gasteiger partial charge in [0.1, 0.15) is 0 Å². The minimum Gasteiger partial charge on any atom is -0.379 e. The highest BCUT2D eigenvalue weighted by Crippen LogP contribution is 2.17. The van der Waals surface area contributed by atoms with Gasteiger partial charge in [-0.25, -0.2) is 5.14 Å². The SMILES string of the molecule is CC1(NS(N)(=O)=O)CCOC1. The summed E-state index contributed by atoms with van der Waals surface area (Å²) in [5, 5.41) is 4.81. The Hall–Kier alpha value is -0.170. The van der Waals surface area contributed by atoms with E-state index in [1.807, 2.05) is 0 Å². The number of nitrogens with one attached hydrogen (secondary N) is 1. The average molecular weight is 180 g/mol. The van der Waals surface area contributed by atoms with Gasteiger partial charge < -0.3 is 4.74 Å². The molecule has 1 heterocycles. The maximum absolute atomic E-state index is 10.6. The second kappa shape index (κ2) is 2.71. The Kier molecular flexibility index (Phi) is 2.19. The Morgan fingerprint density at radius 1 is 1.64 bits per heavy atom. The maximum Gasteiger partial charge on any atom is 0.274 e. The van der Waals surface area contributed by atoms with E-state index >= 15 is 0 Å². The first-order valence-corrected chi connectivity index (χ1v) is 4.85. The molecule has 5 nitrogen and oxygen atoms in total. The van der Waals surface area contributed by atoms with E-state index in [0.717, 1.165) is 0 Å². The number of nitrogens with two attached hydrogens (primary N) is 1. The molecule has 0 aromatic heterocycles. The standard InChI is InChI=1S/C5H12N2O3S/c1-5(2-3-10-4-5)7-11(6,8)9/h7H,2-4H2,1H3,(H2,6,8,9). The van der Waals surface area contributed by atoms with Gasteiger partial charge in [0.05, 0.1) is 12.1 Å². The molecule has 1 aliphatic rings. The fourth-order valence-corrected chi connectivity index (χ4v) is 1.94. The molecule has 1 saturated heterocycles. The molecule has 11 heavy (non-hydrogen) atoms. The van der Waals surface area contributed by atoms with E-state index in [1.165, 1.54) is 0 Å². The second-order valence-corrected chi connectivity index (χ2v) is 4.30. The summed E-state index contributed by atoms with van der Waals surface area (Å²) in [7, 11) is -3.60. The van der Waals surface area contributed by atoms with E-state index in [4.69, 9.17) is 9.88 Å². The Labute approximate surface area is 66.1 Å². The van der Waals surface area contributed by atoms with Crippen molar-refractivity contribution in [3.8, 4) is 0 Å². The smallest absolute Gasteiger partial charge is 0.274 e. The molecule has 0 amide bonds. The number of rotatable bonds is 2. The molecule has 1 fully saturated rings. The Morgan fingerprint density at radius 2 is 2.27 bits per heavy atom. The van der Waals surface area contributed by atoms with E-state index in [2.05, 4.69) is 4.72 Å². The molecule has 0 aromatic rings. The van der Waals surface area contributed by atoms with Crippen LogP contribution in [-0.2, 0) is 14.9 Å². The third-order valence-corrected chi connectivity index (χ3v) is 2.38. The summed E-state index contributed by atoms with van der Waals surface area (Å²) < 4.78 is 28.6. The quantitative estimate of drug-likeness (QED) is 0.569. The van der Waals surface area contributed by atoms with Crippen LogP contribution in [0.4, 0.5) is 0 Å². The van der Waals surface area contributed by atoms with Gasteiger partial charge in [-0.1, -0.05) is 0 Å². The van der Waals surface area contributed by atoms with Crippen molar-refractivity contribution in [2.75, 3.05) is 13.2 Å². The first-order chi connectivity index (χ1) is 4.91. The Morgan fingerprint density at radius 3 is 2.64 bits per heavy atom. The molecule has 0 bridgehead atoms. The first kappa shape index (κ1) is 8.92. The highest BCUT2D eigenvalue weighted by atomic mass is 32.2. The number of hydrogen-bond acceptors (Lipinski definition) is 3. The fourth-order valence-electron chi connectivity index (χ4n) is 1.09. The van der Waals surface area contributed by atoms with Crippen LogP contribution in [0.15, 0.2) is 0 Å². The predicted octanol–water partition coefficient (Wildman–Crippen LogP) is -1.04. The van der Waals surface area contributed by atoms with Crippen LogP contribution in [0, 0.1) is 0 Å². The van der Waals surface area contributed by atoms with E-state index in [9.17, 15) is 8.42 Å². The highest BCUT2D eigenvalue weighted by Gasteiger charge is 2.32. The van der Waals surface area contributed by atoms with Gasteiger partial charge in [0.2, 0.25) is 0 Å². The zero-order valence-corrected chi connectivity index (χ0v) is 7.15. The molecule has 0 saturated carbocycles. The number of hydrogen-bond donors (Lipinski definition) is 2. The molecule has 1 rings (SSSR count). The summed E-state index contributed by atoms with van der Waals surface area (Å²) in [6.07, 6.45) is 0.670. The zero-order chi connectivity index (χ0) is 8.54. The van der Waals surface area contributed by atoms with Crippen molar-refractivity contribution in [2.24, 2.45) is 5.14 Å². The summed E-state index contributed by atoms with van der Waals surface area (Å²) in [6, 6.07) is 0. The molecule has 66 valence electrons. The van der Waals surface area contributed by atoms with Crippen molar-refractivity contribution in [1.82, 2.24) is 4.72 Å². The molecule has 0 spiro atoms. The highest BCUT2D eigenvalue weighted by molar-refractivity contribution is 7.87. The van der Waals surface area contributed by atoms with Gasteiger partial charge in [-0.05, 0) is 13.3 Å². The van der Waals surface area contributed by atoms with E-state index in [0.29, 0.717) is 19.6 Å². The topological polar surface area (TPSA) is 81.4 Å². The van der Waals surface area contributed by atoms with E-state index in [1.54, 1.807) is 6.92 Å². The van der Waals surface area contributed by atoms with Crippen molar-refractivity contribution < 1.29 is 13.2 Å². The minimum atomic E-state index is -3.60. The van der Waals surface area contributed by atoms with Gasteiger partial charge in [-0.15, -0.1) is 0 Å². The van der Waals surface area contributed by atoms with Gasteiger partial charge in [0, 0.05) is 6.61 Å². The molecule has 3 N–H and O–H groups in total. The van der Waals surface area contributed by atoms with Crippen LogP contribution < -0.4 is 9.86 Å². The van der Waals surface area contributed by atoms with Gasteiger partial charge >= 0.3 is 0 Å². The number of ether oxygens (including phenoxy) is 1. The van der Waals surface area contributed by atoms with Gasteiger partial charge in [-0.3, -0.25) is 0 Å². The predicted molar refractivity (Wildman–Crippen MR) is 40.1 cm³/mol. The van der Waals surface area contributed by atoms with Crippen molar-refractivity contribution in [3.63, 3.8) is 0 Å². The largest absolute Gasteiger partial charge is 0.379 e. The van der Waals surface area contributed by atoms with Crippen LogP contribution >= 0.6 is 0 Å². The summed E-state index contributed by atoms with van der Waals surface area (Å²) in [4.78, 5) is 0. The van der Waals surface area contributed by atoms with Crippen LogP contribution in [-0.4, -0.2) is 27.2 Å². The minimum absolute atomic E-state index is 0.392. The van der Waals surface area contributed by atoms with Gasteiger partial charge in [0.25, 0.3) is 10.2 Å². The zero-order valence-electron chi connectivity index (χ0n) is 6.33. The molecular weight excluding hydrogens is 168 g/mol. The first-order valence-electron chi connectivity index (χ1n) is 3.31. The molecule has 1 atom stereocenters. The van der Waals surface area contributed by atoms with E-state index < -0.39 is 15.7 Å². The van der Waals surface area contributed by atoms with Crippen LogP contribution in [0.5, 0.6) is 0 Å². The molecular formula is C5H12N2O3S. The average Bonchev–Trinajstić information content (AvgIpc) is 2.09. The van der Waals surface area contributed by atoms with Crippen LogP contribution in [0.3, 0.4) is 0 Å². The molecule has 0 radical (unpaired) electrons. The lowest BCUT2D eigenvalue weighted by molar-refractivity contribution is 0.178. The van der Waals surface area contributed by atoms with Crippen molar-refractivity contribution >= 4 is 10.2 Å². The van der Waals surface area contributed by atoms with Crippen LogP contribution in [0.1, 0.15) is 13.3 Å². The third-order valence-electron chi connectivity index (χ3n) is 1.61. The summed E-state index contributed by atoms with van der Waals surface area (Å²) in [5.41, 5.74) is -0.506. The lowest BCUT2D eigenvalue weighted by Gasteiger charge is -2.20. The van der Waals surface area contributed by atoms with Gasteiger partial charge in [0.15, 0.2) is 0 Å². The van der Waals surface area contributed by atoms with Gasteiger partial charge in [-0.2, -0.15) is 13.1 Å². The molecule has 6 heteroatoms. The molecule has 1 aliphatic heterocycles. The lowest BCUT2D eigenvalue weighted by atomic mass is 10.0. The van der Waals surface area contributed by atoms with Crippen molar-refractivity contribution in [1.29, 1.82) is 0 Å². The summed E-state index contributed by atoms with van der Waals surface area (Å²) in [5.74, 6) is 0. The normalized spacial score (nSPS) is 32.5. The van der Waals surface area contributed by atoms with Crippen LogP contribution in [0.2, 0.25) is 0 Å². The van der Waals surface area contributed by atoms with E-state index in [-0.39, 0.29) is 0 Å². The second-order valence-electron chi connectivity index (χ2n) is 3.01. The van der Waals surface area contributed by atoms with Crippen LogP contribution in [0.25, 0.3) is 0 Å². The monoisotopic (exact) mass is 180 g/mol. The fraction of sp³-hybridized carbons (Fsp3) is 1.00. The third kappa shape index (κ3) is 2.74. The lowest BCUT2D eigenvalue weighted by Crippen LogP contribution is -2.49. The Bertz CT molecular complexity index is 230. The summed E-state index contributed by atoms with van der Waals surface area (Å²) in [6.45, 7) is 2.74. The molecule has 0 aliphatic carbocycles. The molecule has 0 aromatic carbocycles. The summed E-state index contributed by atoms with van der Waals surface area (Å²) >= 11 is 0. The molecule has 1 unspecified atom stereocenters. The van der Waals surface area contributed by atoms with Crippen molar-refractivity contribution in [2.45, 2.75) is 18.9 Å². The Balaban J connectivity index is 2.60.